The maximum absolute atomic E-state index is 12.6. The van der Waals surface area contributed by atoms with Crippen LogP contribution < -0.4 is 0 Å². The molecule has 0 spiro atoms. The molecule has 0 bridgehead atoms. The summed E-state index contributed by atoms with van der Waals surface area (Å²) in [5.74, 6) is 0.996. The van der Waals surface area contributed by atoms with Crippen molar-refractivity contribution in [2.24, 2.45) is 0 Å². The van der Waals surface area contributed by atoms with Crippen LogP contribution in [-0.2, 0) is 17.9 Å². The number of thiophene rings is 1. The van der Waals surface area contributed by atoms with Crippen LogP contribution in [0.2, 0.25) is 0 Å². The molecule has 0 saturated carbocycles. The molecule has 2 aromatic heterocycles. The third kappa shape index (κ3) is 5.69. The van der Waals surface area contributed by atoms with Crippen molar-refractivity contribution < 1.29 is 9.21 Å². The third-order valence-electron chi connectivity index (χ3n) is 3.47. The Balaban J connectivity index is 2.03. The van der Waals surface area contributed by atoms with Gasteiger partial charge in [0, 0.05) is 24.5 Å². The molecule has 0 saturated heterocycles. The number of amides is 1. The average Bonchev–Trinajstić information content (AvgIpc) is 3.18. The first-order valence-corrected chi connectivity index (χ1v) is 8.65. The number of hydrogen-bond donors (Lipinski definition) is 0. The van der Waals surface area contributed by atoms with Crippen molar-refractivity contribution in [2.75, 3.05) is 19.6 Å². The highest BCUT2D eigenvalue weighted by Crippen LogP contribution is 2.15. The number of likely N-dealkylation sites (N-methyl/N-ethyl adjacent to an activating group) is 1. The van der Waals surface area contributed by atoms with E-state index in [1.54, 1.807) is 17.6 Å². The summed E-state index contributed by atoms with van der Waals surface area (Å²) in [6, 6.07) is 7.94. The highest BCUT2D eigenvalue weighted by atomic mass is 32.1. The standard InChI is InChI=1S/C18H24N2O2S/c1-4-20(11-15(2)3)18(21)14-19(12-16-7-5-9-22-16)13-17-8-6-10-23-17/h5-10H,2,4,11-14H2,1,3H3. The van der Waals surface area contributed by atoms with Gasteiger partial charge in [-0.3, -0.25) is 9.69 Å². The van der Waals surface area contributed by atoms with E-state index in [9.17, 15) is 4.79 Å². The van der Waals surface area contributed by atoms with Gasteiger partial charge in [-0.1, -0.05) is 18.2 Å². The topological polar surface area (TPSA) is 36.7 Å². The second kappa shape index (κ2) is 8.70. The smallest absolute Gasteiger partial charge is 0.237 e. The number of rotatable bonds is 9. The van der Waals surface area contributed by atoms with E-state index in [4.69, 9.17) is 4.42 Å². The molecule has 2 heterocycles. The Bertz CT molecular complexity index is 569. The van der Waals surface area contributed by atoms with Crippen molar-refractivity contribution in [3.05, 3.63) is 58.7 Å². The van der Waals surface area contributed by atoms with Gasteiger partial charge in [-0.25, -0.2) is 0 Å². The minimum Gasteiger partial charge on any atom is -0.468 e. The normalized spacial score (nSPS) is 10.9. The van der Waals surface area contributed by atoms with E-state index in [1.807, 2.05) is 36.9 Å². The lowest BCUT2D eigenvalue weighted by molar-refractivity contribution is -0.132. The van der Waals surface area contributed by atoms with Crippen LogP contribution in [0.4, 0.5) is 0 Å². The Labute approximate surface area is 142 Å². The van der Waals surface area contributed by atoms with Crippen molar-refractivity contribution in [2.45, 2.75) is 26.9 Å². The van der Waals surface area contributed by atoms with Crippen LogP contribution in [0.5, 0.6) is 0 Å². The zero-order valence-electron chi connectivity index (χ0n) is 13.8. The van der Waals surface area contributed by atoms with Crippen LogP contribution in [0, 0.1) is 0 Å². The number of carbonyl (C=O) groups is 1. The van der Waals surface area contributed by atoms with Gasteiger partial charge in [0.1, 0.15) is 5.76 Å². The third-order valence-corrected chi connectivity index (χ3v) is 4.33. The second-order valence-electron chi connectivity index (χ2n) is 5.67. The average molecular weight is 332 g/mol. The lowest BCUT2D eigenvalue weighted by Gasteiger charge is -2.26. The molecule has 0 unspecified atom stereocenters. The number of carbonyl (C=O) groups excluding carboxylic acids is 1. The van der Waals surface area contributed by atoms with E-state index >= 15 is 0 Å². The molecule has 23 heavy (non-hydrogen) atoms. The summed E-state index contributed by atoms with van der Waals surface area (Å²) < 4.78 is 5.44. The van der Waals surface area contributed by atoms with Gasteiger partial charge in [0.15, 0.2) is 0 Å². The number of furan rings is 1. The van der Waals surface area contributed by atoms with Crippen LogP contribution in [0.25, 0.3) is 0 Å². The fourth-order valence-electron chi connectivity index (χ4n) is 2.41. The first-order chi connectivity index (χ1) is 11.1. The van der Waals surface area contributed by atoms with Gasteiger partial charge in [-0.15, -0.1) is 11.3 Å². The van der Waals surface area contributed by atoms with Crippen molar-refractivity contribution in [3.63, 3.8) is 0 Å². The largest absolute Gasteiger partial charge is 0.468 e. The zero-order chi connectivity index (χ0) is 16.7. The van der Waals surface area contributed by atoms with Crippen molar-refractivity contribution in [3.8, 4) is 0 Å². The second-order valence-corrected chi connectivity index (χ2v) is 6.70. The molecule has 1 amide bonds. The van der Waals surface area contributed by atoms with E-state index in [2.05, 4.69) is 22.9 Å². The predicted octanol–water partition coefficient (Wildman–Crippen LogP) is 3.77. The summed E-state index contributed by atoms with van der Waals surface area (Å²) in [6.07, 6.45) is 1.67. The number of nitrogens with zero attached hydrogens (tertiary/aromatic N) is 2. The quantitative estimate of drug-likeness (QED) is 0.656. The van der Waals surface area contributed by atoms with Crippen molar-refractivity contribution in [1.29, 1.82) is 0 Å². The molecule has 4 nitrogen and oxygen atoms in total. The molecule has 2 rings (SSSR count). The van der Waals surface area contributed by atoms with Crippen LogP contribution in [-0.4, -0.2) is 35.3 Å². The molecule has 0 fully saturated rings. The summed E-state index contributed by atoms with van der Waals surface area (Å²) in [7, 11) is 0. The molecular formula is C18H24N2O2S. The maximum Gasteiger partial charge on any atom is 0.237 e. The molecule has 0 atom stereocenters. The highest BCUT2D eigenvalue weighted by Gasteiger charge is 2.18. The SMILES string of the molecule is C=C(C)CN(CC)C(=O)CN(Cc1ccco1)Cc1cccs1. The van der Waals surface area contributed by atoms with Gasteiger partial charge in [-0.2, -0.15) is 0 Å². The monoisotopic (exact) mass is 332 g/mol. The van der Waals surface area contributed by atoms with Gasteiger partial charge in [0.2, 0.25) is 5.91 Å². The zero-order valence-corrected chi connectivity index (χ0v) is 14.6. The Kier molecular flexibility index (Phi) is 6.62. The van der Waals surface area contributed by atoms with E-state index in [0.29, 0.717) is 26.2 Å². The summed E-state index contributed by atoms with van der Waals surface area (Å²) in [5.41, 5.74) is 0.996. The van der Waals surface area contributed by atoms with Gasteiger partial charge in [0.25, 0.3) is 0 Å². The van der Waals surface area contributed by atoms with Crippen LogP contribution in [0.3, 0.4) is 0 Å². The van der Waals surface area contributed by atoms with Gasteiger partial charge in [-0.05, 0) is 37.4 Å². The first-order valence-electron chi connectivity index (χ1n) is 7.77. The molecular weight excluding hydrogens is 308 g/mol. The maximum atomic E-state index is 12.6. The molecule has 2 aromatic rings. The predicted molar refractivity (Wildman–Crippen MR) is 94.2 cm³/mol. The van der Waals surface area contributed by atoms with Crippen molar-refractivity contribution in [1.82, 2.24) is 9.80 Å². The van der Waals surface area contributed by atoms with Crippen LogP contribution in [0.15, 0.2) is 52.5 Å². The molecule has 0 aliphatic carbocycles. The lowest BCUT2D eigenvalue weighted by atomic mass is 10.3. The van der Waals surface area contributed by atoms with Crippen LogP contribution >= 0.6 is 11.3 Å². The van der Waals surface area contributed by atoms with E-state index in [0.717, 1.165) is 17.9 Å². The summed E-state index contributed by atoms with van der Waals surface area (Å²) in [6.45, 7) is 10.9. The molecule has 0 aliphatic heterocycles. The first kappa shape index (κ1) is 17.5. The van der Waals surface area contributed by atoms with Crippen LogP contribution in [0.1, 0.15) is 24.5 Å². The van der Waals surface area contributed by atoms with E-state index < -0.39 is 0 Å². The molecule has 124 valence electrons. The molecule has 0 aromatic carbocycles. The molecule has 0 N–H and O–H groups in total. The Morgan fingerprint density at radius 3 is 2.65 bits per heavy atom. The van der Waals surface area contributed by atoms with Gasteiger partial charge in [0.05, 0.1) is 19.4 Å². The minimum atomic E-state index is 0.124. The molecule has 0 aliphatic rings. The fraction of sp³-hybridized carbons (Fsp3) is 0.389. The number of hydrogen-bond acceptors (Lipinski definition) is 4. The Morgan fingerprint density at radius 1 is 1.26 bits per heavy atom. The summed E-state index contributed by atoms with van der Waals surface area (Å²) in [5, 5.41) is 2.06. The molecule has 0 radical (unpaired) electrons. The minimum absolute atomic E-state index is 0.124. The molecule has 5 heteroatoms. The summed E-state index contributed by atoms with van der Waals surface area (Å²) in [4.78, 5) is 17.8. The van der Waals surface area contributed by atoms with E-state index in [1.165, 1.54) is 4.88 Å². The van der Waals surface area contributed by atoms with Crippen molar-refractivity contribution >= 4 is 17.2 Å². The van der Waals surface area contributed by atoms with Gasteiger partial charge < -0.3 is 9.32 Å². The fourth-order valence-corrected chi connectivity index (χ4v) is 3.15. The Morgan fingerprint density at radius 2 is 2.09 bits per heavy atom. The lowest BCUT2D eigenvalue weighted by Crippen LogP contribution is -2.40. The highest BCUT2D eigenvalue weighted by molar-refractivity contribution is 7.09. The van der Waals surface area contributed by atoms with E-state index in [-0.39, 0.29) is 5.91 Å². The summed E-state index contributed by atoms with van der Waals surface area (Å²) >= 11 is 1.70. The Hall–Kier alpha value is -1.85. The van der Waals surface area contributed by atoms with Gasteiger partial charge >= 0.3 is 0 Å².